The smallest absolute Gasteiger partial charge is 0.0156 e. The lowest BCUT2D eigenvalue weighted by Crippen LogP contribution is -1.92. The van der Waals surface area contributed by atoms with Gasteiger partial charge in [-0.2, -0.15) is 0 Å². The molecule has 0 aliphatic carbocycles. The Bertz CT molecular complexity index is 279. The summed E-state index contributed by atoms with van der Waals surface area (Å²) in [4.78, 5) is 0. The molecule has 0 spiro atoms. The molecule has 1 rings (SSSR count). The van der Waals surface area contributed by atoms with Crippen molar-refractivity contribution >= 4 is 0 Å². The van der Waals surface area contributed by atoms with E-state index in [1.165, 1.54) is 11.1 Å². The summed E-state index contributed by atoms with van der Waals surface area (Å²) >= 11 is 0. The highest BCUT2D eigenvalue weighted by Crippen LogP contribution is 2.19. The van der Waals surface area contributed by atoms with Gasteiger partial charge in [-0.25, -0.2) is 0 Å². The highest BCUT2D eigenvalue weighted by atomic mass is 14.1. The fourth-order valence-electron chi connectivity index (χ4n) is 1.56. The molecule has 0 saturated carbocycles. The molecular formula is C14H20. The van der Waals surface area contributed by atoms with Gasteiger partial charge in [0.1, 0.15) is 0 Å². The molecule has 0 aromatic heterocycles. The molecule has 76 valence electrons. The molecule has 0 fully saturated rings. The van der Waals surface area contributed by atoms with Gasteiger partial charge in [0.25, 0.3) is 0 Å². The van der Waals surface area contributed by atoms with Crippen LogP contribution in [0.4, 0.5) is 0 Å². The molecule has 1 atom stereocenters. The summed E-state index contributed by atoms with van der Waals surface area (Å²) in [6.45, 7) is 6.55. The molecule has 0 aliphatic rings. The number of allylic oxidation sites excluding steroid dienone is 2. The first kappa shape index (κ1) is 11.0. The van der Waals surface area contributed by atoms with Gasteiger partial charge >= 0.3 is 0 Å². The van der Waals surface area contributed by atoms with E-state index in [1.54, 1.807) is 0 Å². The molecule has 0 radical (unpaired) electrons. The van der Waals surface area contributed by atoms with E-state index >= 15 is 0 Å². The molecule has 14 heavy (non-hydrogen) atoms. The van der Waals surface area contributed by atoms with Gasteiger partial charge in [-0.05, 0) is 36.8 Å². The Labute approximate surface area is 87.7 Å². The topological polar surface area (TPSA) is 0 Å². The summed E-state index contributed by atoms with van der Waals surface area (Å²) in [5, 5.41) is 0. The average Bonchev–Trinajstić information content (AvgIpc) is 2.26. The van der Waals surface area contributed by atoms with Gasteiger partial charge < -0.3 is 0 Å². The Morgan fingerprint density at radius 3 is 2.36 bits per heavy atom. The van der Waals surface area contributed by atoms with E-state index in [2.05, 4.69) is 57.2 Å². The van der Waals surface area contributed by atoms with Crippen LogP contribution in [0, 0.1) is 0 Å². The van der Waals surface area contributed by atoms with E-state index in [-0.39, 0.29) is 0 Å². The second-order valence-electron chi connectivity index (χ2n) is 3.80. The van der Waals surface area contributed by atoms with E-state index in [0.717, 1.165) is 12.8 Å². The summed E-state index contributed by atoms with van der Waals surface area (Å²) in [7, 11) is 0. The third-order valence-electron chi connectivity index (χ3n) is 2.68. The standard InChI is InChI=1S/C14H20/c1-4-6-7-12(3)14-10-8-13(5-2)9-11-14/h4,6,8-12H,5,7H2,1-3H3/b6-4-. The Hall–Kier alpha value is -1.04. The van der Waals surface area contributed by atoms with E-state index < -0.39 is 0 Å². The lowest BCUT2D eigenvalue weighted by atomic mass is 9.96. The van der Waals surface area contributed by atoms with Crippen LogP contribution >= 0.6 is 0 Å². The molecular weight excluding hydrogens is 168 g/mol. The summed E-state index contributed by atoms with van der Waals surface area (Å²) < 4.78 is 0. The minimum Gasteiger partial charge on any atom is -0.0916 e. The van der Waals surface area contributed by atoms with Crippen molar-refractivity contribution in [2.75, 3.05) is 0 Å². The number of aryl methyl sites for hydroxylation is 1. The van der Waals surface area contributed by atoms with Crippen LogP contribution in [0.25, 0.3) is 0 Å². The van der Waals surface area contributed by atoms with Gasteiger partial charge in [0.05, 0.1) is 0 Å². The lowest BCUT2D eigenvalue weighted by molar-refractivity contribution is 0.779. The molecule has 0 aliphatic heterocycles. The van der Waals surface area contributed by atoms with E-state index in [0.29, 0.717) is 5.92 Å². The lowest BCUT2D eigenvalue weighted by Gasteiger charge is -2.09. The molecule has 1 aromatic rings. The highest BCUT2D eigenvalue weighted by molar-refractivity contribution is 5.25. The molecule has 0 N–H and O–H groups in total. The van der Waals surface area contributed by atoms with Crippen molar-refractivity contribution in [3.8, 4) is 0 Å². The largest absolute Gasteiger partial charge is 0.0916 e. The average molecular weight is 188 g/mol. The summed E-state index contributed by atoms with van der Waals surface area (Å²) in [6, 6.07) is 8.99. The van der Waals surface area contributed by atoms with Gasteiger partial charge in [0.15, 0.2) is 0 Å². The predicted molar refractivity (Wildman–Crippen MR) is 63.7 cm³/mol. The first-order valence-corrected chi connectivity index (χ1v) is 5.48. The minimum atomic E-state index is 0.636. The maximum Gasteiger partial charge on any atom is -0.0156 e. The maximum atomic E-state index is 2.28. The van der Waals surface area contributed by atoms with Crippen LogP contribution in [0.2, 0.25) is 0 Å². The minimum absolute atomic E-state index is 0.636. The molecule has 1 unspecified atom stereocenters. The second-order valence-corrected chi connectivity index (χ2v) is 3.80. The van der Waals surface area contributed by atoms with Crippen LogP contribution in [-0.2, 0) is 6.42 Å². The van der Waals surface area contributed by atoms with Crippen LogP contribution in [-0.4, -0.2) is 0 Å². The first-order chi connectivity index (χ1) is 6.77. The molecule has 0 bridgehead atoms. The Morgan fingerprint density at radius 1 is 1.21 bits per heavy atom. The second kappa shape index (κ2) is 5.64. The monoisotopic (exact) mass is 188 g/mol. The van der Waals surface area contributed by atoms with Crippen molar-refractivity contribution < 1.29 is 0 Å². The number of hydrogen-bond acceptors (Lipinski definition) is 0. The molecule has 1 aromatic carbocycles. The predicted octanol–water partition coefficient (Wildman–Crippen LogP) is 4.32. The van der Waals surface area contributed by atoms with E-state index in [1.807, 2.05) is 0 Å². The number of benzene rings is 1. The molecule has 0 heterocycles. The maximum absolute atomic E-state index is 2.28. The van der Waals surface area contributed by atoms with Crippen molar-refractivity contribution in [3.63, 3.8) is 0 Å². The van der Waals surface area contributed by atoms with Crippen LogP contribution in [0.3, 0.4) is 0 Å². The molecule has 0 heteroatoms. The Morgan fingerprint density at radius 2 is 1.86 bits per heavy atom. The van der Waals surface area contributed by atoms with Gasteiger partial charge in [0, 0.05) is 0 Å². The van der Waals surface area contributed by atoms with Crippen LogP contribution in [0.15, 0.2) is 36.4 Å². The van der Waals surface area contributed by atoms with Crippen molar-refractivity contribution in [2.24, 2.45) is 0 Å². The number of rotatable bonds is 4. The third-order valence-corrected chi connectivity index (χ3v) is 2.68. The van der Waals surface area contributed by atoms with Crippen molar-refractivity contribution in [1.29, 1.82) is 0 Å². The molecule has 0 saturated heterocycles. The zero-order chi connectivity index (χ0) is 10.4. The normalized spacial score (nSPS) is 13.4. The fourth-order valence-corrected chi connectivity index (χ4v) is 1.56. The van der Waals surface area contributed by atoms with E-state index in [4.69, 9.17) is 0 Å². The van der Waals surface area contributed by atoms with Gasteiger partial charge in [-0.1, -0.05) is 50.3 Å². The zero-order valence-electron chi connectivity index (χ0n) is 9.46. The summed E-state index contributed by atoms with van der Waals surface area (Å²) in [5.74, 6) is 0.636. The van der Waals surface area contributed by atoms with Crippen LogP contribution < -0.4 is 0 Å². The van der Waals surface area contributed by atoms with Gasteiger partial charge in [-0.15, -0.1) is 0 Å². The van der Waals surface area contributed by atoms with Crippen molar-refractivity contribution in [1.82, 2.24) is 0 Å². The van der Waals surface area contributed by atoms with Crippen molar-refractivity contribution in [2.45, 2.75) is 39.5 Å². The molecule has 0 amide bonds. The van der Waals surface area contributed by atoms with Crippen LogP contribution in [0.5, 0.6) is 0 Å². The Kier molecular flexibility index (Phi) is 4.45. The number of hydrogen-bond donors (Lipinski definition) is 0. The van der Waals surface area contributed by atoms with Crippen LogP contribution in [0.1, 0.15) is 44.2 Å². The SMILES string of the molecule is C/C=C\CC(C)c1ccc(CC)cc1. The zero-order valence-corrected chi connectivity index (χ0v) is 9.46. The quantitative estimate of drug-likeness (QED) is 0.617. The van der Waals surface area contributed by atoms with Gasteiger partial charge in [0.2, 0.25) is 0 Å². The summed E-state index contributed by atoms with van der Waals surface area (Å²) in [6.07, 6.45) is 6.63. The van der Waals surface area contributed by atoms with Crippen molar-refractivity contribution in [3.05, 3.63) is 47.5 Å². The van der Waals surface area contributed by atoms with Gasteiger partial charge in [-0.3, -0.25) is 0 Å². The van der Waals surface area contributed by atoms with E-state index in [9.17, 15) is 0 Å². The third kappa shape index (κ3) is 3.02. The first-order valence-electron chi connectivity index (χ1n) is 5.48. The summed E-state index contributed by atoms with van der Waals surface area (Å²) in [5.41, 5.74) is 2.87. The fraction of sp³-hybridized carbons (Fsp3) is 0.429. The Balaban J connectivity index is 2.66. The molecule has 0 nitrogen and oxygen atoms in total. The highest BCUT2D eigenvalue weighted by Gasteiger charge is 2.02.